The van der Waals surface area contributed by atoms with Gasteiger partial charge in [-0.05, 0) is 37.9 Å². The zero-order valence-corrected chi connectivity index (χ0v) is 12.5. The van der Waals surface area contributed by atoms with Gasteiger partial charge < -0.3 is 25.9 Å². The standard InChI is InChI=1S/C14H23FN4O2/c1-19(2)4-6-21-5-3-17-10-11-7-12(14(16)18-20)9-13(15)8-11/h7-9,17,20H,3-6,10H2,1-2H3,(H2,16,18). The summed E-state index contributed by atoms with van der Waals surface area (Å²) < 4.78 is 18.9. The second kappa shape index (κ2) is 9.28. The van der Waals surface area contributed by atoms with Gasteiger partial charge in [0.1, 0.15) is 5.82 Å². The first-order valence-corrected chi connectivity index (χ1v) is 6.73. The van der Waals surface area contributed by atoms with E-state index in [-0.39, 0.29) is 5.84 Å². The molecule has 21 heavy (non-hydrogen) atoms. The van der Waals surface area contributed by atoms with E-state index in [4.69, 9.17) is 15.7 Å². The number of hydrogen-bond donors (Lipinski definition) is 3. The lowest BCUT2D eigenvalue weighted by molar-refractivity contribution is 0.119. The SMILES string of the molecule is CN(C)CCOCCNCc1cc(F)cc(/C(N)=N/O)c1. The maximum atomic E-state index is 13.4. The fraction of sp³-hybridized carbons (Fsp3) is 0.500. The van der Waals surface area contributed by atoms with Crippen LogP contribution < -0.4 is 11.1 Å². The predicted molar refractivity (Wildman–Crippen MR) is 80.0 cm³/mol. The van der Waals surface area contributed by atoms with Gasteiger partial charge in [0.25, 0.3) is 0 Å². The molecule has 1 rings (SSSR count). The molecule has 1 aromatic rings. The van der Waals surface area contributed by atoms with Gasteiger partial charge in [0, 0.05) is 25.2 Å². The van der Waals surface area contributed by atoms with Crippen molar-refractivity contribution in [1.29, 1.82) is 0 Å². The van der Waals surface area contributed by atoms with E-state index in [1.54, 1.807) is 6.07 Å². The van der Waals surface area contributed by atoms with Crippen LogP contribution in [0.4, 0.5) is 4.39 Å². The highest BCUT2D eigenvalue weighted by Crippen LogP contribution is 2.09. The monoisotopic (exact) mass is 298 g/mol. The van der Waals surface area contributed by atoms with Crippen LogP contribution in [-0.4, -0.2) is 56.3 Å². The van der Waals surface area contributed by atoms with Crippen molar-refractivity contribution in [2.75, 3.05) is 40.4 Å². The minimum absolute atomic E-state index is 0.109. The van der Waals surface area contributed by atoms with Crippen molar-refractivity contribution in [2.24, 2.45) is 10.9 Å². The molecule has 7 heteroatoms. The van der Waals surface area contributed by atoms with Gasteiger partial charge >= 0.3 is 0 Å². The molecule has 0 atom stereocenters. The van der Waals surface area contributed by atoms with E-state index in [9.17, 15) is 4.39 Å². The smallest absolute Gasteiger partial charge is 0.170 e. The minimum Gasteiger partial charge on any atom is -0.409 e. The van der Waals surface area contributed by atoms with Gasteiger partial charge in [0.2, 0.25) is 0 Å². The quantitative estimate of drug-likeness (QED) is 0.204. The molecular weight excluding hydrogens is 275 g/mol. The van der Waals surface area contributed by atoms with Crippen LogP contribution in [0.25, 0.3) is 0 Å². The Morgan fingerprint density at radius 1 is 1.38 bits per heavy atom. The second-order valence-corrected chi connectivity index (χ2v) is 4.93. The summed E-state index contributed by atoms with van der Waals surface area (Å²) in [5.41, 5.74) is 6.54. The molecule has 0 aromatic heterocycles. The van der Waals surface area contributed by atoms with Crippen LogP contribution in [0.5, 0.6) is 0 Å². The van der Waals surface area contributed by atoms with Crippen LogP contribution in [0.2, 0.25) is 0 Å². The maximum Gasteiger partial charge on any atom is 0.170 e. The molecule has 0 amide bonds. The Bertz CT molecular complexity index is 466. The molecule has 6 nitrogen and oxygen atoms in total. The maximum absolute atomic E-state index is 13.4. The van der Waals surface area contributed by atoms with Crippen molar-refractivity contribution in [3.8, 4) is 0 Å². The fourth-order valence-corrected chi connectivity index (χ4v) is 1.68. The molecule has 0 fully saturated rings. The first kappa shape index (κ1) is 17.4. The Balaban J connectivity index is 2.34. The molecule has 0 saturated carbocycles. The van der Waals surface area contributed by atoms with Gasteiger partial charge in [0.15, 0.2) is 5.84 Å². The first-order valence-electron chi connectivity index (χ1n) is 6.73. The van der Waals surface area contributed by atoms with Crippen molar-refractivity contribution >= 4 is 5.84 Å². The Labute approximate surface area is 124 Å². The summed E-state index contributed by atoms with van der Waals surface area (Å²) in [4.78, 5) is 2.05. The Morgan fingerprint density at radius 2 is 2.14 bits per heavy atom. The molecule has 0 aliphatic heterocycles. The number of nitrogens with zero attached hydrogens (tertiary/aromatic N) is 2. The van der Waals surface area contributed by atoms with E-state index in [0.29, 0.717) is 31.9 Å². The van der Waals surface area contributed by atoms with E-state index >= 15 is 0 Å². The van der Waals surface area contributed by atoms with Crippen molar-refractivity contribution < 1.29 is 14.3 Å². The minimum atomic E-state index is -0.418. The summed E-state index contributed by atoms with van der Waals surface area (Å²) in [7, 11) is 3.98. The number of amidine groups is 1. The van der Waals surface area contributed by atoms with Crippen LogP contribution >= 0.6 is 0 Å². The Kier molecular flexibility index (Phi) is 7.66. The number of benzene rings is 1. The third-order valence-electron chi connectivity index (χ3n) is 2.80. The summed E-state index contributed by atoms with van der Waals surface area (Å²) in [6, 6.07) is 4.31. The van der Waals surface area contributed by atoms with E-state index in [1.807, 2.05) is 14.1 Å². The molecule has 118 valence electrons. The predicted octanol–water partition coefficient (Wildman–Crippen LogP) is 0.588. The van der Waals surface area contributed by atoms with Crippen LogP contribution in [0.3, 0.4) is 0 Å². The number of nitrogens with one attached hydrogen (secondary N) is 1. The largest absolute Gasteiger partial charge is 0.409 e. The van der Waals surface area contributed by atoms with Crippen molar-refractivity contribution in [2.45, 2.75) is 6.54 Å². The molecule has 0 unspecified atom stereocenters. The average molecular weight is 298 g/mol. The third-order valence-corrected chi connectivity index (χ3v) is 2.80. The number of hydrogen-bond acceptors (Lipinski definition) is 5. The summed E-state index contributed by atoms with van der Waals surface area (Å²) in [5.74, 6) is -0.527. The number of ether oxygens (including phenoxy) is 1. The molecule has 0 radical (unpaired) electrons. The Morgan fingerprint density at radius 3 is 2.81 bits per heavy atom. The zero-order valence-electron chi connectivity index (χ0n) is 12.5. The normalized spacial score (nSPS) is 12.1. The molecule has 4 N–H and O–H groups in total. The topological polar surface area (TPSA) is 83.1 Å². The highest BCUT2D eigenvalue weighted by atomic mass is 19.1. The van der Waals surface area contributed by atoms with Gasteiger partial charge in [-0.3, -0.25) is 0 Å². The molecule has 0 aliphatic rings. The van der Waals surface area contributed by atoms with Crippen molar-refractivity contribution in [3.05, 3.63) is 35.1 Å². The molecule has 0 spiro atoms. The van der Waals surface area contributed by atoms with Crippen LogP contribution in [-0.2, 0) is 11.3 Å². The molecule has 0 bridgehead atoms. The highest BCUT2D eigenvalue weighted by Gasteiger charge is 2.04. The summed E-state index contributed by atoms with van der Waals surface area (Å²) in [5, 5.41) is 14.6. The first-order chi connectivity index (χ1) is 10.0. The Hall–Kier alpha value is -1.70. The summed E-state index contributed by atoms with van der Waals surface area (Å²) in [6.07, 6.45) is 0. The fourth-order valence-electron chi connectivity index (χ4n) is 1.68. The lowest BCUT2D eigenvalue weighted by Gasteiger charge is -2.10. The molecule has 0 heterocycles. The number of rotatable bonds is 9. The number of nitrogens with two attached hydrogens (primary N) is 1. The van der Waals surface area contributed by atoms with Gasteiger partial charge in [-0.25, -0.2) is 4.39 Å². The highest BCUT2D eigenvalue weighted by molar-refractivity contribution is 5.97. The van der Waals surface area contributed by atoms with Crippen molar-refractivity contribution in [1.82, 2.24) is 10.2 Å². The van der Waals surface area contributed by atoms with E-state index < -0.39 is 5.82 Å². The van der Waals surface area contributed by atoms with E-state index in [2.05, 4.69) is 15.4 Å². The van der Waals surface area contributed by atoms with Gasteiger partial charge in [-0.1, -0.05) is 5.16 Å². The van der Waals surface area contributed by atoms with Crippen molar-refractivity contribution in [3.63, 3.8) is 0 Å². The number of oxime groups is 1. The lowest BCUT2D eigenvalue weighted by Crippen LogP contribution is -2.23. The van der Waals surface area contributed by atoms with Crippen LogP contribution in [0, 0.1) is 5.82 Å². The van der Waals surface area contributed by atoms with E-state index in [0.717, 1.165) is 12.1 Å². The van der Waals surface area contributed by atoms with Gasteiger partial charge in [-0.2, -0.15) is 0 Å². The molecule has 1 aromatic carbocycles. The molecule has 0 saturated heterocycles. The summed E-state index contributed by atoms with van der Waals surface area (Å²) in [6.45, 7) is 3.31. The lowest BCUT2D eigenvalue weighted by atomic mass is 10.1. The van der Waals surface area contributed by atoms with Gasteiger partial charge in [-0.15, -0.1) is 0 Å². The average Bonchev–Trinajstić information content (AvgIpc) is 2.44. The number of likely N-dealkylation sites (N-methyl/N-ethyl adjacent to an activating group) is 1. The second-order valence-electron chi connectivity index (χ2n) is 4.93. The van der Waals surface area contributed by atoms with Crippen LogP contribution in [0.15, 0.2) is 23.4 Å². The third kappa shape index (κ3) is 7.03. The van der Waals surface area contributed by atoms with Crippen LogP contribution in [0.1, 0.15) is 11.1 Å². The number of halogens is 1. The summed E-state index contributed by atoms with van der Waals surface area (Å²) >= 11 is 0. The molecular formula is C14H23FN4O2. The van der Waals surface area contributed by atoms with E-state index in [1.165, 1.54) is 12.1 Å². The molecule has 0 aliphatic carbocycles. The zero-order chi connectivity index (χ0) is 15.7. The van der Waals surface area contributed by atoms with Gasteiger partial charge in [0.05, 0.1) is 13.2 Å².